The average Bonchev–Trinajstić information content (AvgIpc) is 3.04. The Balaban J connectivity index is 1.90. The summed E-state index contributed by atoms with van der Waals surface area (Å²) in [6.45, 7) is 0.705. The third-order valence-electron chi connectivity index (χ3n) is 4.49. The second-order valence-electron chi connectivity index (χ2n) is 5.67. The summed E-state index contributed by atoms with van der Waals surface area (Å²) in [6.07, 6.45) is 2.46. The average molecular weight is 267 g/mol. The lowest BCUT2D eigenvalue weighted by atomic mass is 9.86. The van der Waals surface area contributed by atoms with Gasteiger partial charge in [-0.25, -0.2) is 0 Å². The Morgan fingerprint density at radius 1 is 1.05 bits per heavy atom. The van der Waals surface area contributed by atoms with E-state index in [4.69, 9.17) is 10.5 Å². The van der Waals surface area contributed by atoms with E-state index in [9.17, 15) is 5.11 Å². The highest BCUT2D eigenvalue weighted by molar-refractivity contribution is 5.57. The van der Waals surface area contributed by atoms with E-state index in [2.05, 4.69) is 6.07 Å². The van der Waals surface area contributed by atoms with Crippen LogP contribution in [-0.4, -0.2) is 11.7 Å². The molecule has 20 heavy (non-hydrogen) atoms. The molecule has 0 aromatic heterocycles. The van der Waals surface area contributed by atoms with Crippen LogP contribution in [0.25, 0.3) is 0 Å². The SMILES string of the molecule is Nc1ccc2c(c1)CCC2(O)c1cccc2c1OCC2. The van der Waals surface area contributed by atoms with Gasteiger partial charge in [0.05, 0.1) is 6.61 Å². The van der Waals surface area contributed by atoms with E-state index in [1.54, 1.807) is 0 Å². The topological polar surface area (TPSA) is 55.5 Å². The first-order chi connectivity index (χ1) is 9.68. The largest absolute Gasteiger partial charge is 0.493 e. The maximum Gasteiger partial charge on any atom is 0.129 e. The Morgan fingerprint density at radius 2 is 1.95 bits per heavy atom. The second-order valence-corrected chi connectivity index (χ2v) is 5.67. The molecule has 0 spiro atoms. The van der Waals surface area contributed by atoms with Crippen LogP contribution in [0.3, 0.4) is 0 Å². The summed E-state index contributed by atoms with van der Waals surface area (Å²) in [7, 11) is 0. The summed E-state index contributed by atoms with van der Waals surface area (Å²) in [4.78, 5) is 0. The number of nitrogens with two attached hydrogens (primary N) is 1. The molecule has 0 amide bonds. The van der Waals surface area contributed by atoms with Crippen molar-refractivity contribution in [3.8, 4) is 5.75 Å². The number of para-hydroxylation sites is 1. The van der Waals surface area contributed by atoms with E-state index >= 15 is 0 Å². The van der Waals surface area contributed by atoms with Crippen LogP contribution >= 0.6 is 0 Å². The first kappa shape index (κ1) is 11.8. The van der Waals surface area contributed by atoms with E-state index < -0.39 is 5.60 Å². The van der Waals surface area contributed by atoms with Gasteiger partial charge in [0.15, 0.2) is 0 Å². The molecule has 1 aliphatic heterocycles. The predicted octanol–water partition coefficient (Wildman–Crippen LogP) is 2.39. The highest BCUT2D eigenvalue weighted by atomic mass is 16.5. The third-order valence-corrected chi connectivity index (χ3v) is 4.49. The van der Waals surface area contributed by atoms with E-state index in [0.717, 1.165) is 41.0 Å². The number of nitrogen functional groups attached to an aromatic ring is 1. The van der Waals surface area contributed by atoms with Crippen LogP contribution in [0.1, 0.15) is 28.7 Å². The first-order valence-electron chi connectivity index (χ1n) is 7.05. The molecule has 1 aliphatic carbocycles. The van der Waals surface area contributed by atoms with Gasteiger partial charge in [0, 0.05) is 17.7 Å². The normalized spacial score (nSPS) is 23.2. The number of hydrogen-bond donors (Lipinski definition) is 2. The zero-order valence-electron chi connectivity index (χ0n) is 11.2. The maximum atomic E-state index is 11.2. The minimum absolute atomic E-state index is 0.686. The number of aliphatic hydroxyl groups is 1. The van der Waals surface area contributed by atoms with Crippen molar-refractivity contribution in [2.24, 2.45) is 0 Å². The number of anilines is 1. The van der Waals surface area contributed by atoms with Gasteiger partial charge in [-0.15, -0.1) is 0 Å². The van der Waals surface area contributed by atoms with Crippen LogP contribution in [0.2, 0.25) is 0 Å². The summed E-state index contributed by atoms with van der Waals surface area (Å²) in [5, 5.41) is 11.2. The van der Waals surface area contributed by atoms with Crippen LogP contribution in [0.4, 0.5) is 5.69 Å². The van der Waals surface area contributed by atoms with Crippen molar-refractivity contribution < 1.29 is 9.84 Å². The number of rotatable bonds is 1. The molecule has 1 heterocycles. The Hall–Kier alpha value is -2.00. The highest BCUT2D eigenvalue weighted by Gasteiger charge is 2.41. The fraction of sp³-hybridized carbons (Fsp3) is 0.294. The van der Waals surface area contributed by atoms with Gasteiger partial charge < -0.3 is 15.6 Å². The summed E-state index contributed by atoms with van der Waals surface area (Å²) in [6, 6.07) is 11.8. The predicted molar refractivity (Wildman–Crippen MR) is 77.8 cm³/mol. The molecule has 0 saturated heterocycles. The molecule has 0 saturated carbocycles. The maximum absolute atomic E-state index is 11.2. The van der Waals surface area contributed by atoms with Crippen LogP contribution in [0.5, 0.6) is 5.75 Å². The number of fused-ring (bicyclic) bond motifs is 2. The number of benzene rings is 2. The fourth-order valence-electron chi connectivity index (χ4n) is 3.49. The minimum atomic E-state index is -0.946. The molecule has 2 aromatic carbocycles. The lowest BCUT2D eigenvalue weighted by Crippen LogP contribution is -2.24. The van der Waals surface area contributed by atoms with E-state index in [1.165, 1.54) is 5.56 Å². The van der Waals surface area contributed by atoms with Gasteiger partial charge in [-0.1, -0.05) is 24.3 Å². The first-order valence-corrected chi connectivity index (χ1v) is 7.05. The Bertz CT molecular complexity index is 695. The molecule has 102 valence electrons. The van der Waals surface area contributed by atoms with E-state index in [0.29, 0.717) is 13.0 Å². The molecule has 2 aromatic rings. The molecule has 3 nitrogen and oxygen atoms in total. The van der Waals surface area contributed by atoms with Crippen LogP contribution in [-0.2, 0) is 18.4 Å². The molecular weight excluding hydrogens is 250 g/mol. The molecule has 3 heteroatoms. The zero-order chi connectivity index (χ0) is 13.7. The smallest absolute Gasteiger partial charge is 0.129 e. The summed E-state index contributed by atoms with van der Waals surface area (Å²) in [5.74, 6) is 0.875. The Kier molecular flexibility index (Phi) is 2.36. The lowest BCUT2D eigenvalue weighted by Gasteiger charge is -2.26. The molecule has 0 radical (unpaired) electrons. The summed E-state index contributed by atoms with van der Waals surface area (Å²) < 4.78 is 5.76. The second kappa shape index (κ2) is 4.00. The quantitative estimate of drug-likeness (QED) is 0.780. The summed E-state index contributed by atoms with van der Waals surface area (Å²) in [5.41, 5.74) is 9.85. The van der Waals surface area contributed by atoms with Crippen molar-refractivity contribution in [1.82, 2.24) is 0 Å². The van der Waals surface area contributed by atoms with Crippen molar-refractivity contribution in [3.63, 3.8) is 0 Å². The third kappa shape index (κ3) is 1.50. The molecule has 1 atom stereocenters. The minimum Gasteiger partial charge on any atom is -0.493 e. The number of aryl methyl sites for hydroxylation is 1. The number of ether oxygens (including phenoxy) is 1. The van der Waals surface area contributed by atoms with Crippen molar-refractivity contribution in [3.05, 3.63) is 58.7 Å². The van der Waals surface area contributed by atoms with Crippen molar-refractivity contribution >= 4 is 5.69 Å². The zero-order valence-corrected chi connectivity index (χ0v) is 11.2. The van der Waals surface area contributed by atoms with Crippen molar-refractivity contribution in [1.29, 1.82) is 0 Å². The Morgan fingerprint density at radius 3 is 2.85 bits per heavy atom. The monoisotopic (exact) mass is 267 g/mol. The van der Waals surface area contributed by atoms with Crippen molar-refractivity contribution in [2.75, 3.05) is 12.3 Å². The molecule has 0 fully saturated rings. The van der Waals surface area contributed by atoms with Gasteiger partial charge in [0.1, 0.15) is 11.4 Å². The molecule has 4 rings (SSSR count). The van der Waals surface area contributed by atoms with Gasteiger partial charge in [-0.05, 0) is 41.7 Å². The van der Waals surface area contributed by atoms with E-state index in [1.807, 2.05) is 30.3 Å². The van der Waals surface area contributed by atoms with Gasteiger partial charge >= 0.3 is 0 Å². The standard InChI is InChI=1S/C17H17NO2/c18-13-4-5-14-12(10-13)6-8-17(14,19)15-3-1-2-11-7-9-20-16(11)15/h1-5,10,19H,6-9,18H2. The fourth-order valence-corrected chi connectivity index (χ4v) is 3.49. The molecule has 0 bridgehead atoms. The van der Waals surface area contributed by atoms with Gasteiger partial charge in [0.2, 0.25) is 0 Å². The Labute approximate surface area is 118 Å². The van der Waals surface area contributed by atoms with Crippen LogP contribution in [0.15, 0.2) is 36.4 Å². The van der Waals surface area contributed by atoms with Gasteiger partial charge in [-0.2, -0.15) is 0 Å². The molecular formula is C17H17NO2. The number of hydrogen-bond acceptors (Lipinski definition) is 3. The highest BCUT2D eigenvalue weighted by Crippen LogP contribution is 2.47. The molecule has 1 unspecified atom stereocenters. The van der Waals surface area contributed by atoms with Gasteiger partial charge in [0.25, 0.3) is 0 Å². The molecule has 3 N–H and O–H groups in total. The van der Waals surface area contributed by atoms with E-state index in [-0.39, 0.29) is 0 Å². The molecule has 2 aliphatic rings. The lowest BCUT2D eigenvalue weighted by molar-refractivity contribution is 0.0798. The van der Waals surface area contributed by atoms with Crippen molar-refractivity contribution in [2.45, 2.75) is 24.9 Å². The van der Waals surface area contributed by atoms with Crippen LogP contribution < -0.4 is 10.5 Å². The summed E-state index contributed by atoms with van der Waals surface area (Å²) >= 11 is 0. The van der Waals surface area contributed by atoms with Gasteiger partial charge in [-0.3, -0.25) is 0 Å². The van der Waals surface area contributed by atoms with Crippen LogP contribution in [0, 0.1) is 0 Å².